The van der Waals surface area contributed by atoms with Crippen LogP contribution >= 0.6 is 0 Å². The highest BCUT2D eigenvalue weighted by molar-refractivity contribution is 5.79. The van der Waals surface area contributed by atoms with Crippen LogP contribution in [0.25, 0.3) is 0 Å². The van der Waals surface area contributed by atoms with E-state index in [0.29, 0.717) is 22.7 Å². The Bertz CT molecular complexity index is 613. The zero-order valence-corrected chi connectivity index (χ0v) is 17.4. The largest absolute Gasteiger partial charge is 0.478 e. The van der Waals surface area contributed by atoms with Crippen molar-refractivity contribution < 1.29 is 15.0 Å². The summed E-state index contributed by atoms with van der Waals surface area (Å²) in [6.07, 6.45) is 14.4. The van der Waals surface area contributed by atoms with E-state index in [1.54, 1.807) is 0 Å². The number of fused-ring (bicyclic) bond motifs is 5. The first-order chi connectivity index (χ1) is 12.8. The fourth-order valence-corrected chi connectivity index (χ4v) is 8.51. The number of hydrogen-bond donors (Lipinski definition) is 2. The van der Waals surface area contributed by atoms with E-state index in [1.807, 2.05) is 6.08 Å². The molecular formula is C24H38O3. The summed E-state index contributed by atoms with van der Waals surface area (Å²) in [4.78, 5) is 11.0. The Morgan fingerprint density at radius 1 is 1.00 bits per heavy atom. The molecule has 0 aromatic rings. The van der Waals surface area contributed by atoms with Gasteiger partial charge in [-0.3, -0.25) is 0 Å². The quantitative estimate of drug-likeness (QED) is 0.661. The smallest absolute Gasteiger partial charge is 0.327 e. The molecule has 0 heterocycles. The van der Waals surface area contributed by atoms with Crippen molar-refractivity contribution >= 4 is 5.97 Å². The van der Waals surface area contributed by atoms with Gasteiger partial charge in [0.1, 0.15) is 0 Å². The Morgan fingerprint density at radius 3 is 2.44 bits per heavy atom. The van der Waals surface area contributed by atoms with Crippen LogP contribution in [0.4, 0.5) is 0 Å². The fourth-order valence-electron chi connectivity index (χ4n) is 8.51. The summed E-state index contributed by atoms with van der Waals surface area (Å²) in [5, 5.41) is 19.2. The standard InChI is InChI=1S/C24H38O3/c1-15(4-9-22(26)27)19-7-8-20-18-6-5-16-14-17(25)10-12-23(16,2)21(18)11-13-24(19,20)3/h4,9,15-21,25H,5-8,10-14H2,1-3H3,(H,26,27)/t15-,16?,17?,18+,19-,20+,21+,23+,24-/m1/s1. The molecule has 0 aliphatic heterocycles. The van der Waals surface area contributed by atoms with Crippen LogP contribution in [-0.4, -0.2) is 22.3 Å². The predicted octanol–water partition coefficient (Wildman–Crippen LogP) is 5.28. The maximum Gasteiger partial charge on any atom is 0.327 e. The normalized spacial score (nSPS) is 50.7. The summed E-state index contributed by atoms with van der Waals surface area (Å²) in [6, 6.07) is 0. The number of allylic oxidation sites excluding steroid dienone is 1. The fraction of sp³-hybridized carbons (Fsp3) is 0.875. The summed E-state index contributed by atoms with van der Waals surface area (Å²) in [5.74, 6) is 3.37. The van der Waals surface area contributed by atoms with Crippen molar-refractivity contribution in [2.45, 2.75) is 84.7 Å². The van der Waals surface area contributed by atoms with Crippen molar-refractivity contribution in [2.75, 3.05) is 0 Å². The molecule has 0 spiro atoms. The minimum atomic E-state index is -0.823. The highest BCUT2D eigenvalue weighted by atomic mass is 16.4. The number of aliphatic carboxylic acids is 1. The van der Waals surface area contributed by atoms with Gasteiger partial charge in [0.2, 0.25) is 0 Å². The molecular weight excluding hydrogens is 336 g/mol. The van der Waals surface area contributed by atoms with Gasteiger partial charge >= 0.3 is 5.97 Å². The third-order valence-corrected chi connectivity index (χ3v) is 9.89. The molecule has 2 N–H and O–H groups in total. The van der Waals surface area contributed by atoms with Crippen LogP contribution in [0, 0.1) is 46.3 Å². The molecule has 0 bridgehead atoms. The van der Waals surface area contributed by atoms with Gasteiger partial charge in [-0.25, -0.2) is 4.79 Å². The van der Waals surface area contributed by atoms with E-state index in [2.05, 4.69) is 20.8 Å². The van der Waals surface area contributed by atoms with Crippen molar-refractivity contribution in [1.29, 1.82) is 0 Å². The molecule has 4 aliphatic rings. The number of carbonyl (C=O) groups is 1. The number of hydrogen-bond acceptors (Lipinski definition) is 2. The van der Waals surface area contributed by atoms with E-state index in [0.717, 1.165) is 36.5 Å². The Labute approximate surface area is 164 Å². The van der Waals surface area contributed by atoms with Crippen LogP contribution in [0.1, 0.15) is 78.6 Å². The van der Waals surface area contributed by atoms with Crippen molar-refractivity contribution in [3.63, 3.8) is 0 Å². The first-order valence-corrected chi connectivity index (χ1v) is 11.3. The highest BCUT2D eigenvalue weighted by Crippen LogP contribution is 2.68. The molecule has 4 rings (SSSR count). The first-order valence-electron chi connectivity index (χ1n) is 11.3. The lowest BCUT2D eigenvalue weighted by Gasteiger charge is -2.61. The van der Waals surface area contributed by atoms with E-state index in [1.165, 1.54) is 51.0 Å². The average molecular weight is 375 g/mol. The molecule has 0 amide bonds. The van der Waals surface area contributed by atoms with E-state index < -0.39 is 5.97 Å². The zero-order chi connectivity index (χ0) is 19.4. The minimum absolute atomic E-state index is 0.0637. The Morgan fingerprint density at radius 2 is 1.70 bits per heavy atom. The third-order valence-electron chi connectivity index (χ3n) is 9.89. The van der Waals surface area contributed by atoms with E-state index >= 15 is 0 Å². The summed E-state index contributed by atoms with van der Waals surface area (Å²) >= 11 is 0. The third kappa shape index (κ3) is 3.09. The van der Waals surface area contributed by atoms with Crippen molar-refractivity contribution in [2.24, 2.45) is 46.3 Å². The summed E-state index contributed by atoms with van der Waals surface area (Å²) < 4.78 is 0. The molecule has 4 aliphatic carbocycles. The summed E-state index contributed by atoms with van der Waals surface area (Å²) in [7, 11) is 0. The van der Waals surface area contributed by atoms with Gasteiger partial charge in [-0.1, -0.05) is 26.8 Å². The lowest BCUT2D eigenvalue weighted by molar-refractivity contribution is -0.131. The lowest BCUT2D eigenvalue weighted by atomic mass is 9.44. The van der Waals surface area contributed by atoms with Gasteiger partial charge in [-0.2, -0.15) is 0 Å². The van der Waals surface area contributed by atoms with Crippen molar-refractivity contribution in [3.8, 4) is 0 Å². The molecule has 9 atom stereocenters. The number of carboxylic acids is 1. The van der Waals surface area contributed by atoms with Gasteiger partial charge in [0.05, 0.1) is 6.10 Å². The van der Waals surface area contributed by atoms with Gasteiger partial charge in [0, 0.05) is 6.08 Å². The van der Waals surface area contributed by atoms with Crippen LogP contribution in [0.2, 0.25) is 0 Å². The first kappa shape index (κ1) is 19.5. The Kier molecular flexibility index (Phi) is 4.98. The summed E-state index contributed by atoms with van der Waals surface area (Å²) in [5.41, 5.74) is 0.817. The van der Waals surface area contributed by atoms with Gasteiger partial charge in [-0.15, -0.1) is 0 Å². The number of aliphatic hydroxyl groups excluding tert-OH is 1. The van der Waals surface area contributed by atoms with Crippen molar-refractivity contribution in [1.82, 2.24) is 0 Å². The SMILES string of the molecule is C[C@H](C=CC(=O)O)[C@H]1CC[C@H]2[C@@H]3CCC4CC(O)CC[C@]4(C)[C@H]3CC[C@]12C. The van der Waals surface area contributed by atoms with Gasteiger partial charge < -0.3 is 10.2 Å². The van der Waals surface area contributed by atoms with Gasteiger partial charge in [0.25, 0.3) is 0 Å². The molecule has 4 fully saturated rings. The van der Waals surface area contributed by atoms with Crippen LogP contribution < -0.4 is 0 Å². The maximum atomic E-state index is 11.0. The van der Waals surface area contributed by atoms with Crippen LogP contribution in [0.3, 0.4) is 0 Å². The highest BCUT2D eigenvalue weighted by Gasteiger charge is 2.60. The van der Waals surface area contributed by atoms with Gasteiger partial charge in [-0.05, 0) is 104 Å². The Hall–Kier alpha value is -0.830. The second-order valence-corrected chi connectivity index (χ2v) is 10.9. The monoisotopic (exact) mass is 374 g/mol. The van der Waals surface area contributed by atoms with Crippen molar-refractivity contribution in [3.05, 3.63) is 12.2 Å². The van der Waals surface area contributed by atoms with Gasteiger partial charge in [0.15, 0.2) is 0 Å². The summed E-state index contributed by atoms with van der Waals surface area (Å²) in [6.45, 7) is 7.30. The maximum absolute atomic E-state index is 11.0. The van der Waals surface area contributed by atoms with E-state index in [-0.39, 0.29) is 6.10 Å². The lowest BCUT2D eigenvalue weighted by Crippen LogP contribution is -2.54. The number of aliphatic hydroxyl groups is 1. The Balaban J connectivity index is 1.54. The molecule has 0 radical (unpaired) electrons. The predicted molar refractivity (Wildman–Crippen MR) is 107 cm³/mol. The molecule has 0 saturated heterocycles. The van der Waals surface area contributed by atoms with Crippen LogP contribution in [-0.2, 0) is 4.79 Å². The molecule has 0 aromatic carbocycles. The van der Waals surface area contributed by atoms with Crippen LogP contribution in [0.5, 0.6) is 0 Å². The molecule has 3 heteroatoms. The number of carboxylic acid groups (broad SMARTS) is 1. The zero-order valence-electron chi connectivity index (χ0n) is 17.4. The van der Waals surface area contributed by atoms with Crippen LogP contribution in [0.15, 0.2) is 12.2 Å². The molecule has 0 aromatic heterocycles. The second kappa shape index (κ2) is 6.90. The molecule has 27 heavy (non-hydrogen) atoms. The molecule has 3 nitrogen and oxygen atoms in total. The molecule has 152 valence electrons. The second-order valence-electron chi connectivity index (χ2n) is 10.9. The molecule has 2 unspecified atom stereocenters. The molecule has 4 saturated carbocycles. The average Bonchev–Trinajstić information content (AvgIpc) is 2.97. The number of rotatable bonds is 3. The van der Waals surface area contributed by atoms with E-state index in [4.69, 9.17) is 5.11 Å². The van der Waals surface area contributed by atoms with E-state index in [9.17, 15) is 9.90 Å². The minimum Gasteiger partial charge on any atom is -0.478 e. The topological polar surface area (TPSA) is 57.5 Å².